The van der Waals surface area contributed by atoms with Gasteiger partial charge in [0.1, 0.15) is 17.5 Å². The Labute approximate surface area is 193 Å². The molecule has 0 aliphatic carbocycles. The molecule has 32 heavy (non-hydrogen) atoms. The van der Waals surface area contributed by atoms with Crippen LogP contribution in [-0.2, 0) is 20.6 Å². The number of halogens is 3. The van der Waals surface area contributed by atoms with Crippen molar-refractivity contribution < 1.29 is 27.4 Å². The molecular formula is C26H43F3O3. The minimum atomic E-state index is -1.38. The van der Waals surface area contributed by atoms with Crippen molar-refractivity contribution in [3.8, 4) is 0 Å². The van der Waals surface area contributed by atoms with Crippen LogP contribution in [0, 0.1) is 23.4 Å². The van der Waals surface area contributed by atoms with Crippen LogP contribution in [-0.4, -0.2) is 25.8 Å². The molecule has 0 aromatic heterocycles. The van der Waals surface area contributed by atoms with Gasteiger partial charge < -0.3 is 14.2 Å². The first-order valence-electron chi connectivity index (χ1n) is 12.5. The summed E-state index contributed by atoms with van der Waals surface area (Å²) in [6.45, 7) is 9.39. The monoisotopic (exact) mass is 460 g/mol. The lowest BCUT2D eigenvalue weighted by atomic mass is 9.90. The van der Waals surface area contributed by atoms with E-state index in [1.54, 1.807) is 0 Å². The molecule has 0 spiro atoms. The lowest BCUT2D eigenvalue weighted by Crippen LogP contribution is -2.48. The quantitative estimate of drug-likeness (QED) is 0.155. The maximum absolute atomic E-state index is 14.5. The van der Waals surface area contributed by atoms with Gasteiger partial charge in [0.05, 0.1) is 19.8 Å². The van der Waals surface area contributed by atoms with E-state index >= 15 is 0 Å². The van der Waals surface area contributed by atoms with Crippen molar-refractivity contribution in [3.05, 3.63) is 35.1 Å². The molecule has 0 saturated carbocycles. The zero-order valence-corrected chi connectivity index (χ0v) is 20.5. The summed E-state index contributed by atoms with van der Waals surface area (Å²) < 4.78 is 61.0. The van der Waals surface area contributed by atoms with Gasteiger partial charge in [0.15, 0.2) is 0 Å². The molecule has 1 aromatic rings. The van der Waals surface area contributed by atoms with Gasteiger partial charge in [-0.05, 0) is 32.1 Å². The van der Waals surface area contributed by atoms with Crippen LogP contribution in [0.3, 0.4) is 0 Å². The molecule has 1 rings (SSSR count). The molecule has 0 bridgehead atoms. The first-order valence-corrected chi connectivity index (χ1v) is 12.5. The highest BCUT2D eigenvalue weighted by molar-refractivity contribution is 5.21. The summed E-state index contributed by atoms with van der Waals surface area (Å²) in [5, 5.41) is 0. The van der Waals surface area contributed by atoms with Gasteiger partial charge in [-0.2, -0.15) is 0 Å². The lowest BCUT2D eigenvalue weighted by molar-refractivity contribution is -0.406. The number of hydrogen-bond donors (Lipinski definition) is 0. The van der Waals surface area contributed by atoms with E-state index in [-0.39, 0.29) is 12.0 Å². The second-order valence-corrected chi connectivity index (χ2v) is 8.45. The Morgan fingerprint density at radius 2 is 1.16 bits per heavy atom. The van der Waals surface area contributed by atoms with Crippen LogP contribution in [0.4, 0.5) is 13.2 Å². The molecular weight excluding hydrogens is 417 g/mol. The summed E-state index contributed by atoms with van der Waals surface area (Å²) in [5.41, 5.74) is -0.146. The normalized spacial score (nSPS) is 13.0. The first-order chi connectivity index (χ1) is 15.4. The largest absolute Gasteiger partial charge is 0.327 e. The Balaban J connectivity index is 3.20. The molecule has 186 valence electrons. The van der Waals surface area contributed by atoms with Crippen molar-refractivity contribution in [1.29, 1.82) is 0 Å². The van der Waals surface area contributed by atoms with Crippen molar-refractivity contribution in [3.63, 3.8) is 0 Å². The van der Waals surface area contributed by atoms with Gasteiger partial charge in [0.25, 0.3) is 5.97 Å². The molecule has 1 atom stereocenters. The van der Waals surface area contributed by atoms with Gasteiger partial charge in [-0.25, -0.2) is 13.2 Å². The Morgan fingerprint density at radius 1 is 0.688 bits per heavy atom. The van der Waals surface area contributed by atoms with E-state index in [9.17, 15) is 13.2 Å². The van der Waals surface area contributed by atoms with Gasteiger partial charge in [-0.3, -0.25) is 0 Å². The molecule has 0 aliphatic rings. The average Bonchev–Trinajstić information content (AvgIpc) is 2.77. The molecule has 0 radical (unpaired) electrons. The summed E-state index contributed by atoms with van der Waals surface area (Å²) in [6, 6.07) is 1.46. The van der Waals surface area contributed by atoms with Crippen LogP contribution in [0.2, 0.25) is 0 Å². The topological polar surface area (TPSA) is 27.7 Å². The van der Waals surface area contributed by atoms with Crippen molar-refractivity contribution in [2.45, 2.75) is 104 Å². The highest BCUT2D eigenvalue weighted by Crippen LogP contribution is 2.35. The Hall–Kier alpha value is -1.11. The van der Waals surface area contributed by atoms with E-state index < -0.39 is 29.3 Å². The van der Waals surface area contributed by atoms with Crippen LogP contribution >= 0.6 is 0 Å². The molecule has 0 N–H and O–H groups in total. The van der Waals surface area contributed by atoms with E-state index in [0.717, 1.165) is 50.7 Å². The molecule has 3 nitrogen and oxygen atoms in total. The van der Waals surface area contributed by atoms with Crippen LogP contribution < -0.4 is 0 Å². The molecule has 6 heteroatoms. The predicted octanol–water partition coefficient (Wildman–Crippen LogP) is 7.95. The first kappa shape index (κ1) is 28.9. The maximum atomic E-state index is 14.5. The van der Waals surface area contributed by atoms with Gasteiger partial charge >= 0.3 is 0 Å². The molecule has 1 unspecified atom stereocenters. The van der Waals surface area contributed by atoms with E-state index in [4.69, 9.17) is 14.2 Å². The van der Waals surface area contributed by atoms with Crippen LogP contribution in [0.1, 0.15) is 97.5 Å². The molecule has 1 aromatic carbocycles. The van der Waals surface area contributed by atoms with E-state index in [1.165, 1.54) is 19.3 Å². The lowest BCUT2D eigenvalue weighted by Gasteiger charge is -2.40. The fraction of sp³-hybridized carbons (Fsp3) is 0.769. The van der Waals surface area contributed by atoms with E-state index in [2.05, 4.69) is 6.92 Å². The third kappa shape index (κ3) is 9.80. The van der Waals surface area contributed by atoms with Gasteiger partial charge in [-0.1, -0.05) is 66.2 Å². The average molecular weight is 461 g/mol. The second-order valence-electron chi connectivity index (χ2n) is 8.45. The van der Waals surface area contributed by atoms with Crippen molar-refractivity contribution in [2.24, 2.45) is 5.92 Å². The van der Waals surface area contributed by atoms with E-state index in [1.807, 2.05) is 20.8 Å². The van der Waals surface area contributed by atoms with Gasteiger partial charge in [0, 0.05) is 23.6 Å². The Bertz CT molecular complexity index is 580. The van der Waals surface area contributed by atoms with Crippen molar-refractivity contribution >= 4 is 0 Å². The zero-order chi connectivity index (χ0) is 23.8. The van der Waals surface area contributed by atoms with Gasteiger partial charge in [0.2, 0.25) is 0 Å². The van der Waals surface area contributed by atoms with E-state index in [0.29, 0.717) is 26.2 Å². The standard InChI is InChI=1S/C26H43F3O3/c1-5-9-10-11-12-13-14-21(18-23-24(28)19-22(27)20-25(23)29)26(30-15-6-2,31-16-7-3)32-17-8-4/h19-21H,5-18H2,1-4H3. The number of rotatable bonds is 19. The summed E-state index contributed by atoms with van der Waals surface area (Å²) >= 11 is 0. The number of unbranched alkanes of at least 4 members (excludes halogenated alkanes) is 5. The molecule has 0 amide bonds. The van der Waals surface area contributed by atoms with Gasteiger partial charge in [-0.15, -0.1) is 0 Å². The van der Waals surface area contributed by atoms with Crippen LogP contribution in [0.15, 0.2) is 12.1 Å². The second kappa shape index (κ2) is 16.5. The summed E-state index contributed by atoms with van der Waals surface area (Å²) in [4.78, 5) is 0. The minimum Gasteiger partial charge on any atom is -0.327 e. The summed E-state index contributed by atoms with van der Waals surface area (Å²) in [6.07, 6.45) is 9.52. The summed E-state index contributed by atoms with van der Waals surface area (Å²) in [7, 11) is 0. The Morgan fingerprint density at radius 3 is 1.62 bits per heavy atom. The van der Waals surface area contributed by atoms with Crippen molar-refractivity contribution in [2.75, 3.05) is 19.8 Å². The third-order valence-corrected chi connectivity index (χ3v) is 5.48. The number of benzene rings is 1. The zero-order valence-electron chi connectivity index (χ0n) is 20.5. The predicted molar refractivity (Wildman–Crippen MR) is 123 cm³/mol. The van der Waals surface area contributed by atoms with Crippen molar-refractivity contribution in [1.82, 2.24) is 0 Å². The third-order valence-electron chi connectivity index (χ3n) is 5.48. The summed E-state index contributed by atoms with van der Waals surface area (Å²) in [5.74, 6) is -4.49. The fourth-order valence-electron chi connectivity index (χ4n) is 3.80. The highest BCUT2D eigenvalue weighted by atomic mass is 19.1. The fourth-order valence-corrected chi connectivity index (χ4v) is 3.80. The molecule has 0 heterocycles. The number of ether oxygens (including phenoxy) is 3. The SMILES string of the molecule is CCCCCCCCC(Cc1c(F)cc(F)cc1F)C(OCCC)(OCCC)OCCC. The number of hydrogen-bond acceptors (Lipinski definition) is 3. The molecule has 0 fully saturated rings. The Kier molecular flexibility index (Phi) is 14.9. The molecule has 0 aliphatic heterocycles. The molecule has 0 saturated heterocycles. The smallest absolute Gasteiger partial charge is 0.286 e. The van der Waals surface area contributed by atoms with Crippen LogP contribution in [0.5, 0.6) is 0 Å². The highest BCUT2D eigenvalue weighted by Gasteiger charge is 2.43. The minimum absolute atomic E-state index is 0.0179. The van der Waals surface area contributed by atoms with Crippen LogP contribution in [0.25, 0.3) is 0 Å². The maximum Gasteiger partial charge on any atom is 0.286 e.